The summed E-state index contributed by atoms with van der Waals surface area (Å²) in [5.41, 5.74) is 0.168. The van der Waals surface area contributed by atoms with Gasteiger partial charge in [0.25, 0.3) is 0 Å². The van der Waals surface area contributed by atoms with Gasteiger partial charge in [0.1, 0.15) is 5.75 Å². The second kappa shape index (κ2) is 6.99. The van der Waals surface area contributed by atoms with Gasteiger partial charge in [0, 0.05) is 12.1 Å². The van der Waals surface area contributed by atoms with Gasteiger partial charge < -0.3 is 20.5 Å². The molecule has 0 aliphatic rings. The quantitative estimate of drug-likeness (QED) is 0.740. The first-order valence-electron chi connectivity index (χ1n) is 6.40. The lowest BCUT2D eigenvalue weighted by Crippen LogP contribution is -2.46. The van der Waals surface area contributed by atoms with Crippen LogP contribution in [0.2, 0.25) is 0 Å². The molecule has 19 heavy (non-hydrogen) atoms. The molecule has 1 rings (SSSR count). The fourth-order valence-electron chi connectivity index (χ4n) is 1.65. The van der Waals surface area contributed by atoms with E-state index in [2.05, 4.69) is 10.6 Å². The molecule has 3 N–H and O–H groups in total. The van der Waals surface area contributed by atoms with E-state index in [1.165, 1.54) is 0 Å². The van der Waals surface area contributed by atoms with Crippen LogP contribution in [0.1, 0.15) is 27.2 Å². The van der Waals surface area contributed by atoms with Crippen LogP contribution in [-0.2, 0) is 0 Å². The van der Waals surface area contributed by atoms with Gasteiger partial charge >= 0.3 is 6.03 Å². The largest absolute Gasteiger partial charge is 0.492 e. The minimum atomic E-state index is -0.459. The number of hydrogen-bond donors (Lipinski definition) is 3. The Labute approximate surface area is 114 Å². The molecular formula is C14H22N2O3. The van der Waals surface area contributed by atoms with Crippen LogP contribution in [0.25, 0.3) is 0 Å². The van der Waals surface area contributed by atoms with E-state index in [-0.39, 0.29) is 12.6 Å². The molecule has 2 amide bonds. The summed E-state index contributed by atoms with van der Waals surface area (Å²) in [6.07, 6.45) is 0.494. The van der Waals surface area contributed by atoms with Crippen molar-refractivity contribution in [1.82, 2.24) is 5.32 Å². The second-order valence-corrected chi connectivity index (χ2v) is 4.87. The van der Waals surface area contributed by atoms with E-state index in [9.17, 15) is 4.79 Å². The third-order valence-corrected chi connectivity index (χ3v) is 2.62. The number of ether oxygens (including phenoxy) is 1. The van der Waals surface area contributed by atoms with E-state index in [0.717, 1.165) is 0 Å². The van der Waals surface area contributed by atoms with Crippen LogP contribution >= 0.6 is 0 Å². The second-order valence-electron chi connectivity index (χ2n) is 4.87. The SMILES string of the molecule is CCOc1ccccc1NC(=O)NC(C)(C)CCO. The van der Waals surface area contributed by atoms with Gasteiger partial charge in [0.2, 0.25) is 0 Å². The van der Waals surface area contributed by atoms with Crippen molar-refractivity contribution < 1.29 is 14.6 Å². The third-order valence-electron chi connectivity index (χ3n) is 2.62. The van der Waals surface area contributed by atoms with Crippen LogP contribution in [0.3, 0.4) is 0 Å². The van der Waals surface area contributed by atoms with Crippen molar-refractivity contribution in [2.24, 2.45) is 0 Å². The summed E-state index contributed by atoms with van der Waals surface area (Å²) in [7, 11) is 0. The number of nitrogens with one attached hydrogen (secondary N) is 2. The number of hydrogen-bond acceptors (Lipinski definition) is 3. The molecule has 0 unspecified atom stereocenters. The predicted molar refractivity (Wildman–Crippen MR) is 75.5 cm³/mol. The monoisotopic (exact) mass is 266 g/mol. The minimum Gasteiger partial charge on any atom is -0.492 e. The fourth-order valence-corrected chi connectivity index (χ4v) is 1.65. The molecule has 1 aromatic carbocycles. The van der Waals surface area contributed by atoms with Gasteiger partial charge in [-0.25, -0.2) is 4.79 Å². The lowest BCUT2D eigenvalue weighted by Gasteiger charge is -2.25. The normalized spacial score (nSPS) is 10.9. The zero-order valence-corrected chi connectivity index (χ0v) is 11.7. The molecule has 0 fully saturated rings. The number of carbonyl (C=O) groups is 1. The lowest BCUT2D eigenvalue weighted by molar-refractivity contribution is 0.218. The van der Waals surface area contributed by atoms with Crippen molar-refractivity contribution in [3.63, 3.8) is 0 Å². The first-order valence-corrected chi connectivity index (χ1v) is 6.40. The number of aliphatic hydroxyl groups is 1. The maximum Gasteiger partial charge on any atom is 0.319 e. The molecule has 0 radical (unpaired) electrons. The topological polar surface area (TPSA) is 70.6 Å². The Hall–Kier alpha value is -1.75. The predicted octanol–water partition coefficient (Wildman–Crippen LogP) is 2.37. The Morgan fingerprint density at radius 3 is 2.68 bits per heavy atom. The number of aliphatic hydroxyl groups excluding tert-OH is 1. The molecule has 0 aromatic heterocycles. The van der Waals surface area contributed by atoms with Crippen LogP contribution in [0, 0.1) is 0 Å². The third kappa shape index (κ3) is 5.18. The standard InChI is InChI=1S/C14H22N2O3/c1-4-19-12-8-6-5-7-11(12)15-13(18)16-14(2,3)9-10-17/h5-8,17H,4,9-10H2,1-3H3,(H2,15,16,18). The van der Waals surface area contributed by atoms with Crippen molar-refractivity contribution in [3.8, 4) is 5.75 Å². The van der Waals surface area contributed by atoms with Crippen molar-refractivity contribution in [2.45, 2.75) is 32.7 Å². The van der Waals surface area contributed by atoms with Crippen LogP contribution in [0.5, 0.6) is 5.75 Å². The molecule has 0 heterocycles. The molecule has 0 spiro atoms. The Morgan fingerprint density at radius 2 is 2.05 bits per heavy atom. The molecule has 0 bridgehead atoms. The van der Waals surface area contributed by atoms with Crippen LogP contribution in [0.15, 0.2) is 24.3 Å². The van der Waals surface area contributed by atoms with Crippen LogP contribution < -0.4 is 15.4 Å². The minimum absolute atomic E-state index is 0.0306. The average molecular weight is 266 g/mol. The molecule has 0 saturated carbocycles. The van der Waals surface area contributed by atoms with Gasteiger partial charge in [0.05, 0.1) is 12.3 Å². The number of urea groups is 1. The molecular weight excluding hydrogens is 244 g/mol. The van der Waals surface area contributed by atoms with E-state index in [0.29, 0.717) is 24.5 Å². The highest BCUT2D eigenvalue weighted by Crippen LogP contribution is 2.23. The van der Waals surface area contributed by atoms with Gasteiger partial charge in [-0.15, -0.1) is 0 Å². The molecule has 0 atom stereocenters. The number of amides is 2. The molecule has 5 nitrogen and oxygen atoms in total. The van der Waals surface area contributed by atoms with Gasteiger partial charge in [0.15, 0.2) is 0 Å². The highest BCUT2D eigenvalue weighted by molar-refractivity contribution is 5.91. The zero-order chi connectivity index (χ0) is 14.3. The van der Waals surface area contributed by atoms with Gasteiger partial charge in [-0.05, 0) is 39.3 Å². The van der Waals surface area contributed by atoms with Crippen molar-refractivity contribution in [2.75, 3.05) is 18.5 Å². The van der Waals surface area contributed by atoms with Gasteiger partial charge in [-0.1, -0.05) is 12.1 Å². The smallest absolute Gasteiger partial charge is 0.319 e. The summed E-state index contributed by atoms with van der Waals surface area (Å²) in [6.45, 7) is 6.18. The number of benzene rings is 1. The van der Waals surface area contributed by atoms with E-state index in [1.54, 1.807) is 12.1 Å². The highest BCUT2D eigenvalue weighted by Gasteiger charge is 2.20. The Bertz CT molecular complexity index is 419. The summed E-state index contributed by atoms with van der Waals surface area (Å²) in [5, 5.41) is 14.5. The van der Waals surface area contributed by atoms with Crippen LogP contribution in [0.4, 0.5) is 10.5 Å². The fraction of sp³-hybridized carbons (Fsp3) is 0.500. The number of rotatable bonds is 6. The van der Waals surface area contributed by atoms with Crippen molar-refractivity contribution >= 4 is 11.7 Å². The lowest BCUT2D eigenvalue weighted by atomic mass is 10.0. The average Bonchev–Trinajstić information content (AvgIpc) is 2.31. The molecule has 106 valence electrons. The summed E-state index contributed by atoms with van der Waals surface area (Å²) < 4.78 is 5.43. The summed E-state index contributed by atoms with van der Waals surface area (Å²) >= 11 is 0. The van der Waals surface area contributed by atoms with Gasteiger partial charge in [-0.2, -0.15) is 0 Å². The van der Waals surface area contributed by atoms with Crippen molar-refractivity contribution in [1.29, 1.82) is 0 Å². The Balaban J connectivity index is 2.66. The molecule has 5 heteroatoms. The molecule has 0 saturated heterocycles. The van der Waals surface area contributed by atoms with E-state index in [4.69, 9.17) is 9.84 Å². The first kappa shape index (κ1) is 15.3. The molecule has 1 aromatic rings. The zero-order valence-electron chi connectivity index (χ0n) is 11.7. The number of para-hydroxylation sites is 2. The number of anilines is 1. The Morgan fingerprint density at radius 1 is 1.37 bits per heavy atom. The van der Waals surface area contributed by atoms with Gasteiger partial charge in [-0.3, -0.25) is 0 Å². The van der Waals surface area contributed by atoms with Crippen LogP contribution in [-0.4, -0.2) is 29.9 Å². The Kier molecular flexibility index (Phi) is 5.63. The molecule has 0 aliphatic heterocycles. The maximum atomic E-state index is 11.9. The summed E-state index contributed by atoms with van der Waals surface area (Å²) in [6, 6.07) is 6.95. The van der Waals surface area contributed by atoms with E-state index in [1.807, 2.05) is 32.9 Å². The first-order chi connectivity index (χ1) is 8.98. The highest BCUT2D eigenvalue weighted by atomic mass is 16.5. The number of carbonyl (C=O) groups excluding carboxylic acids is 1. The molecule has 0 aliphatic carbocycles. The summed E-state index contributed by atoms with van der Waals surface area (Å²) in [5.74, 6) is 0.639. The van der Waals surface area contributed by atoms with E-state index >= 15 is 0 Å². The van der Waals surface area contributed by atoms with E-state index < -0.39 is 5.54 Å². The summed E-state index contributed by atoms with van der Waals surface area (Å²) in [4.78, 5) is 11.9. The van der Waals surface area contributed by atoms with Crippen molar-refractivity contribution in [3.05, 3.63) is 24.3 Å². The maximum absolute atomic E-state index is 11.9.